The minimum Gasteiger partial charge on any atom is -0.484 e. The number of oxazole rings is 1. The smallest absolute Gasteiger partial charge is 0.276 e. The number of hydrogen-bond acceptors (Lipinski definition) is 8. The fraction of sp³-hybridized carbons (Fsp3) is 0.389. The Labute approximate surface area is 159 Å². The largest absolute Gasteiger partial charge is 0.484 e. The molecule has 1 amide bonds. The number of fused-ring (bicyclic) bond motifs is 1. The number of aromatic nitrogens is 2. The van der Waals surface area contributed by atoms with Crippen molar-refractivity contribution in [1.29, 1.82) is 0 Å². The molecule has 3 heterocycles. The summed E-state index contributed by atoms with van der Waals surface area (Å²) in [6, 6.07) is 5.34. The highest BCUT2D eigenvalue weighted by molar-refractivity contribution is 7.18. The molecule has 0 spiro atoms. The quantitative estimate of drug-likeness (QED) is 0.713. The van der Waals surface area contributed by atoms with E-state index in [1.165, 1.54) is 6.26 Å². The molecule has 0 unspecified atom stereocenters. The van der Waals surface area contributed by atoms with Crippen molar-refractivity contribution in [3.05, 3.63) is 41.1 Å². The number of aliphatic hydroxyl groups is 1. The minimum absolute atomic E-state index is 0.106. The summed E-state index contributed by atoms with van der Waals surface area (Å²) in [5.41, 5.74) is 1.08. The molecular weight excluding hydrogens is 370 g/mol. The lowest BCUT2D eigenvalue weighted by Gasteiger charge is -2.33. The van der Waals surface area contributed by atoms with Crippen LogP contribution in [0.3, 0.4) is 0 Å². The Balaban J connectivity index is 1.41. The van der Waals surface area contributed by atoms with Gasteiger partial charge in [0.25, 0.3) is 5.91 Å². The van der Waals surface area contributed by atoms with Gasteiger partial charge in [0.2, 0.25) is 5.89 Å². The SMILES string of the molecule is Cc1nc2cc(OCc3nc(C(=O)N4CCOC[C@@H]4CO)co3)ccc2s1. The summed E-state index contributed by atoms with van der Waals surface area (Å²) in [7, 11) is 0. The number of thiazole rings is 1. The van der Waals surface area contributed by atoms with E-state index in [1.807, 2.05) is 25.1 Å². The van der Waals surface area contributed by atoms with Gasteiger partial charge in [-0.15, -0.1) is 11.3 Å². The van der Waals surface area contributed by atoms with Crippen molar-refractivity contribution in [2.75, 3.05) is 26.4 Å². The molecule has 27 heavy (non-hydrogen) atoms. The lowest BCUT2D eigenvalue weighted by atomic mass is 10.2. The highest BCUT2D eigenvalue weighted by Gasteiger charge is 2.29. The molecule has 3 aromatic rings. The van der Waals surface area contributed by atoms with Crippen LogP contribution < -0.4 is 4.74 Å². The van der Waals surface area contributed by atoms with E-state index in [4.69, 9.17) is 13.9 Å². The van der Waals surface area contributed by atoms with Gasteiger partial charge in [0.15, 0.2) is 12.3 Å². The van der Waals surface area contributed by atoms with E-state index in [0.717, 1.165) is 15.2 Å². The standard InChI is InChI=1S/C18H19N3O5S/c1-11-19-14-6-13(2-3-16(14)27-11)25-10-17-20-15(9-26-17)18(23)21-4-5-24-8-12(21)7-22/h2-3,6,9,12,22H,4-5,7-8,10H2,1H3/t12-/m0/s1. The van der Waals surface area contributed by atoms with Crippen LogP contribution in [0, 0.1) is 6.92 Å². The molecule has 142 valence electrons. The molecule has 0 radical (unpaired) electrons. The van der Waals surface area contributed by atoms with Crippen molar-refractivity contribution in [2.24, 2.45) is 0 Å². The number of aliphatic hydroxyl groups excluding tert-OH is 1. The number of carbonyl (C=O) groups excluding carboxylic acids is 1. The Morgan fingerprint density at radius 3 is 3.19 bits per heavy atom. The van der Waals surface area contributed by atoms with E-state index in [0.29, 0.717) is 31.4 Å². The maximum Gasteiger partial charge on any atom is 0.276 e. The van der Waals surface area contributed by atoms with Crippen LogP contribution in [0.4, 0.5) is 0 Å². The molecule has 0 aliphatic carbocycles. The molecule has 9 heteroatoms. The van der Waals surface area contributed by atoms with Gasteiger partial charge >= 0.3 is 0 Å². The van der Waals surface area contributed by atoms with Gasteiger partial charge in [0.1, 0.15) is 12.0 Å². The molecule has 2 aromatic heterocycles. The number of ether oxygens (including phenoxy) is 2. The molecule has 8 nitrogen and oxygen atoms in total. The first-order valence-corrected chi connectivity index (χ1v) is 9.39. The highest BCUT2D eigenvalue weighted by atomic mass is 32.1. The maximum atomic E-state index is 12.6. The number of aryl methyl sites for hydroxylation is 1. The van der Waals surface area contributed by atoms with Crippen LogP contribution in [0.1, 0.15) is 21.4 Å². The molecule has 1 aliphatic heterocycles. The van der Waals surface area contributed by atoms with Gasteiger partial charge in [0, 0.05) is 12.6 Å². The van der Waals surface area contributed by atoms with Crippen LogP contribution in [0.2, 0.25) is 0 Å². The summed E-state index contributed by atoms with van der Waals surface area (Å²) in [6.07, 6.45) is 1.32. The lowest BCUT2D eigenvalue weighted by molar-refractivity contribution is -0.0186. The molecular formula is C18H19N3O5S. The molecule has 0 saturated carbocycles. The van der Waals surface area contributed by atoms with Gasteiger partial charge in [-0.3, -0.25) is 4.79 Å². The molecule has 0 bridgehead atoms. The van der Waals surface area contributed by atoms with Crippen LogP contribution in [0.15, 0.2) is 28.9 Å². The van der Waals surface area contributed by atoms with Crippen LogP contribution >= 0.6 is 11.3 Å². The average molecular weight is 389 g/mol. The number of hydrogen-bond donors (Lipinski definition) is 1. The second kappa shape index (κ2) is 7.63. The van der Waals surface area contributed by atoms with Crippen molar-refractivity contribution < 1.29 is 23.8 Å². The lowest BCUT2D eigenvalue weighted by Crippen LogP contribution is -2.50. The Morgan fingerprint density at radius 1 is 1.44 bits per heavy atom. The third kappa shape index (κ3) is 3.80. The minimum atomic E-state index is -0.365. The van der Waals surface area contributed by atoms with Crippen LogP contribution in [-0.4, -0.2) is 58.3 Å². The Bertz CT molecular complexity index is 954. The van der Waals surface area contributed by atoms with E-state index in [9.17, 15) is 9.90 Å². The van der Waals surface area contributed by atoms with Crippen molar-refractivity contribution in [3.63, 3.8) is 0 Å². The van der Waals surface area contributed by atoms with Gasteiger partial charge in [-0.2, -0.15) is 0 Å². The summed E-state index contributed by atoms with van der Waals surface area (Å²) < 4.78 is 17.5. The van der Waals surface area contributed by atoms with Gasteiger partial charge in [-0.1, -0.05) is 0 Å². The molecule has 1 atom stereocenters. The zero-order valence-corrected chi connectivity index (χ0v) is 15.6. The fourth-order valence-electron chi connectivity index (χ4n) is 2.95. The Hall–Kier alpha value is -2.49. The Kier molecular flexibility index (Phi) is 5.06. The van der Waals surface area contributed by atoms with Gasteiger partial charge in [0.05, 0.1) is 41.1 Å². The predicted octanol–water partition coefficient (Wildman–Crippen LogP) is 2.01. The molecule has 1 saturated heterocycles. The van der Waals surface area contributed by atoms with Crippen LogP contribution in [0.5, 0.6) is 5.75 Å². The number of morpholine rings is 1. The molecule has 1 fully saturated rings. The molecule has 1 aromatic carbocycles. The first-order valence-electron chi connectivity index (χ1n) is 8.58. The normalized spacial score (nSPS) is 17.4. The number of benzene rings is 1. The maximum absolute atomic E-state index is 12.6. The summed E-state index contributed by atoms with van der Waals surface area (Å²) in [5.74, 6) is 0.681. The van der Waals surface area contributed by atoms with E-state index in [-0.39, 0.29) is 30.9 Å². The van der Waals surface area contributed by atoms with Crippen LogP contribution in [-0.2, 0) is 11.3 Å². The van der Waals surface area contributed by atoms with Gasteiger partial charge in [-0.25, -0.2) is 9.97 Å². The highest BCUT2D eigenvalue weighted by Crippen LogP contribution is 2.26. The van der Waals surface area contributed by atoms with Crippen molar-refractivity contribution in [1.82, 2.24) is 14.9 Å². The number of nitrogens with zero attached hydrogens (tertiary/aromatic N) is 3. The predicted molar refractivity (Wildman–Crippen MR) is 97.9 cm³/mol. The molecule has 1 N–H and O–H groups in total. The van der Waals surface area contributed by atoms with Crippen molar-refractivity contribution in [2.45, 2.75) is 19.6 Å². The summed E-state index contributed by atoms with van der Waals surface area (Å²) in [5, 5.41) is 10.4. The monoisotopic (exact) mass is 389 g/mol. The van der Waals surface area contributed by atoms with Crippen molar-refractivity contribution >= 4 is 27.5 Å². The van der Waals surface area contributed by atoms with E-state index in [2.05, 4.69) is 9.97 Å². The average Bonchev–Trinajstić information content (AvgIpc) is 3.31. The van der Waals surface area contributed by atoms with Crippen LogP contribution in [0.25, 0.3) is 10.2 Å². The zero-order chi connectivity index (χ0) is 18.8. The number of amides is 1. The van der Waals surface area contributed by atoms with E-state index >= 15 is 0 Å². The fourth-order valence-corrected chi connectivity index (χ4v) is 3.76. The topological polar surface area (TPSA) is 97.9 Å². The Morgan fingerprint density at radius 2 is 2.33 bits per heavy atom. The molecule has 1 aliphatic rings. The first kappa shape index (κ1) is 17.9. The second-order valence-corrected chi connectivity index (χ2v) is 7.42. The summed E-state index contributed by atoms with van der Waals surface area (Å²) in [4.78, 5) is 22.8. The summed E-state index contributed by atoms with van der Waals surface area (Å²) in [6.45, 7) is 3.08. The van der Waals surface area contributed by atoms with Gasteiger partial charge < -0.3 is 23.9 Å². The first-order chi connectivity index (χ1) is 13.1. The summed E-state index contributed by atoms with van der Waals surface area (Å²) >= 11 is 1.63. The van der Waals surface area contributed by atoms with Gasteiger partial charge in [-0.05, 0) is 19.1 Å². The third-order valence-corrected chi connectivity index (χ3v) is 5.25. The third-order valence-electron chi connectivity index (χ3n) is 4.30. The second-order valence-electron chi connectivity index (χ2n) is 6.19. The molecule has 4 rings (SSSR count). The van der Waals surface area contributed by atoms with E-state index in [1.54, 1.807) is 16.2 Å². The zero-order valence-electron chi connectivity index (χ0n) is 14.8. The van der Waals surface area contributed by atoms with Crippen molar-refractivity contribution in [3.8, 4) is 5.75 Å². The number of carbonyl (C=O) groups is 1. The van der Waals surface area contributed by atoms with E-state index < -0.39 is 0 Å². The number of rotatable bonds is 5.